The highest BCUT2D eigenvalue weighted by atomic mass is 16.5. The molecule has 0 saturated heterocycles. The average molecular weight is 467 g/mol. The first-order valence-electron chi connectivity index (χ1n) is 11.6. The zero-order valence-electron chi connectivity index (χ0n) is 19.2. The molecule has 0 aliphatic heterocycles. The largest absolute Gasteiger partial charge is 0.480 e. The molecule has 3 N–H and O–H groups in total. The highest BCUT2D eigenvalue weighted by Crippen LogP contribution is 2.44. The number of carbonyl (C=O) groups excluding carboxylic acids is 2. The van der Waals surface area contributed by atoms with Gasteiger partial charge in [0.2, 0.25) is 5.91 Å². The van der Waals surface area contributed by atoms with Gasteiger partial charge in [-0.2, -0.15) is 0 Å². The van der Waals surface area contributed by atoms with Crippen LogP contribution in [0.2, 0.25) is 0 Å². The number of methoxy groups -OCH3 is 1. The maximum absolute atomic E-state index is 12.5. The van der Waals surface area contributed by atoms with E-state index in [9.17, 15) is 19.5 Å². The van der Waals surface area contributed by atoms with Crippen molar-refractivity contribution in [1.29, 1.82) is 0 Å². The number of alkyl carbamates (subject to hydrolysis) is 1. The Kier molecular flexibility index (Phi) is 7.47. The van der Waals surface area contributed by atoms with E-state index in [-0.39, 0.29) is 37.0 Å². The van der Waals surface area contributed by atoms with Crippen molar-refractivity contribution in [3.05, 3.63) is 59.7 Å². The van der Waals surface area contributed by atoms with Crippen LogP contribution in [0.15, 0.2) is 48.5 Å². The fraction of sp³-hybridized carbons (Fsp3) is 0.423. The van der Waals surface area contributed by atoms with Gasteiger partial charge in [-0.3, -0.25) is 4.79 Å². The van der Waals surface area contributed by atoms with Crippen LogP contribution in [0.4, 0.5) is 4.79 Å². The monoisotopic (exact) mass is 466 g/mol. The van der Waals surface area contributed by atoms with Crippen molar-refractivity contribution in [3.8, 4) is 11.1 Å². The summed E-state index contributed by atoms with van der Waals surface area (Å²) in [7, 11) is 1.39. The standard InChI is InChI=1S/C26H30N2O6/c1-33-15-23(25(30)31)28-24(29)16-10-12-17(13-11-16)27-26(32)34-14-22-20-8-4-2-6-18(20)19-7-3-5-9-21(19)22/h2-9,16-17,22-23H,10-15H2,1H3,(H,27,32)(H,28,29)(H,30,31). The number of carboxylic acids is 1. The van der Waals surface area contributed by atoms with E-state index in [4.69, 9.17) is 9.47 Å². The summed E-state index contributed by atoms with van der Waals surface area (Å²) in [5.41, 5.74) is 4.69. The van der Waals surface area contributed by atoms with Crippen LogP contribution in [0, 0.1) is 5.92 Å². The second kappa shape index (κ2) is 10.7. The van der Waals surface area contributed by atoms with Gasteiger partial charge >= 0.3 is 12.1 Å². The summed E-state index contributed by atoms with van der Waals surface area (Å²) in [5.74, 6) is -1.68. The summed E-state index contributed by atoms with van der Waals surface area (Å²) in [4.78, 5) is 36.2. The molecule has 34 heavy (non-hydrogen) atoms. The van der Waals surface area contributed by atoms with E-state index in [2.05, 4.69) is 34.9 Å². The summed E-state index contributed by atoms with van der Waals surface area (Å²) in [5, 5.41) is 14.6. The molecule has 2 aliphatic rings. The van der Waals surface area contributed by atoms with Crippen molar-refractivity contribution in [3.63, 3.8) is 0 Å². The van der Waals surface area contributed by atoms with E-state index in [1.54, 1.807) is 0 Å². The third kappa shape index (κ3) is 5.22. The zero-order valence-corrected chi connectivity index (χ0v) is 19.2. The van der Waals surface area contributed by atoms with Crippen molar-refractivity contribution in [2.75, 3.05) is 20.3 Å². The van der Waals surface area contributed by atoms with Crippen LogP contribution < -0.4 is 10.6 Å². The number of hydrogen-bond donors (Lipinski definition) is 3. The average Bonchev–Trinajstić information content (AvgIpc) is 3.16. The molecule has 2 aromatic carbocycles. The van der Waals surface area contributed by atoms with Crippen LogP contribution in [0.5, 0.6) is 0 Å². The number of ether oxygens (including phenoxy) is 2. The minimum absolute atomic E-state index is 0.00636. The Labute approximate surface area is 198 Å². The summed E-state index contributed by atoms with van der Waals surface area (Å²) in [6, 6.07) is 15.2. The molecule has 0 spiro atoms. The maximum atomic E-state index is 12.5. The van der Waals surface area contributed by atoms with E-state index in [0.29, 0.717) is 25.7 Å². The number of amides is 2. The number of fused-ring (bicyclic) bond motifs is 3. The van der Waals surface area contributed by atoms with Gasteiger partial charge in [0, 0.05) is 25.0 Å². The Morgan fingerprint density at radius 3 is 2.12 bits per heavy atom. The lowest BCUT2D eigenvalue weighted by atomic mass is 9.85. The van der Waals surface area contributed by atoms with Crippen molar-refractivity contribution in [2.45, 2.75) is 43.7 Å². The molecule has 1 fully saturated rings. The molecule has 1 saturated carbocycles. The van der Waals surface area contributed by atoms with Gasteiger partial charge in [-0.05, 0) is 47.9 Å². The first-order chi connectivity index (χ1) is 16.5. The molecule has 2 amide bonds. The highest BCUT2D eigenvalue weighted by molar-refractivity contribution is 5.85. The molecular weight excluding hydrogens is 436 g/mol. The molecule has 0 radical (unpaired) electrons. The van der Waals surface area contributed by atoms with Gasteiger partial charge in [0.15, 0.2) is 6.04 Å². The number of carboxylic acid groups (broad SMARTS) is 1. The minimum Gasteiger partial charge on any atom is -0.480 e. The van der Waals surface area contributed by atoms with Crippen LogP contribution in [0.25, 0.3) is 11.1 Å². The Bertz CT molecular complexity index is 1000. The number of benzene rings is 2. The van der Waals surface area contributed by atoms with Crippen molar-refractivity contribution >= 4 is 18.0 Å². The third-order valence-corrected chi connectivity index (χ3v) is 6.71. The molecule has 1 atom stereocenters. The Balaban J connectivity index is 1.25. The van der Waals surface area contributed by atoms with E-state index in [1.807, 2.05) is 24.3 Å². The first kappa shape index (κ1) is 23.8. The molecule has 0 bridgehead atoms. The van der Waals surface area contributed by atoms with E-state index in [1.165, 1.54) is 18.2 Å². The maximum Gasteiger partial charge on any atom is 0.407 e. The van der Waals surface area contributed by atoms with Gasteiger partial charge in [0.25, 0.3) is 0 Å². The minimum atomic E-state index is -1.12. The summed E-state index contributed by atoms with van der Waals surface area (Å²) >= 11 is 0. The molecule has 0 aromatic heterocycles. The fourth-order valence-electron chi connectivity index (χ4n) is 4.94. The predicted octanol–water partition coefficient (Wildman–Crippen LogP) is 3.30. The molecule has 4 rings (SSSR count). The fourth-order valence-corrected chi connectivity index (χ4v) is 4.94. The molecule has 2 aromatic rings. The molecule has 1 unspecified atom stereocenters. The Morgan fingerprint density at radius 1 is 0.971 bits per heavy atom. The number of hydrogen-bond acceptors (Lipinski definition) is 5. The smallest absolute Gasteiger partial charge is 0.407 e. The van der Waals surface area contributed by atoms with Crippen LogP contribution in [0.3, 0.4) is 0 Å². The second-order valence-electron chi connectivity index (χ2n) is 8.87. The molecule has 180 valence electrons. The predicted molar refractivity (Wildman–Crippen MR) is 125 cm³/mol. The third-order valence-electron chi connectivity index (χ3n) is 6.71. The first-order valence-corrected chi connectivity index (χ1v) is 11.6. The normalized spacial score (nSPS) is 20.0. The number of rotatable bonds is 8. The number of carbonyl (C=O) groups is 3. The Hall–Kier alpha value is -3.39. The summed E-state index contributed by atoms with van der Waals surface area (Å²) < 4.78 is 10.5. The van der Waals surface area contributed by atoms with Gasteiger partial charge in [-0.15, -0.1) is 0 Å². The van der Waals surface area contributed by atoms with Crippen LogP contribution in [-0.4, -0.2) is 55.5 Å². The van der Waals surface area contributed by atoms with Crippen molar-refractivity contribution < 1.29 is 29.0 Å². The summed E-state index contributed by atoms with van der Waals surface area (Å²) in [6.45, 7) is 0.174. The van der Waals surface area contributed by atoms with E-state index in [0.717, 1.165) is 11.1 Å². The highest BCUT2D eigenvalue weighted by Gasteiger charge is 2.31. The quantitative estimate of drug-likeness (QED) is 0.550. The van der Waals surface area contributed by atoms with Crippen LogP contribution >= 0.6 is 0 Å². The molecule has 0 heterocycles. The number of aliphatic carboxylic acids is 1. The topological polar surface area (TPSA) is 114 Å². The zero-order chi connectivity index (χ0) is 24.1. The molecular formula is C26H30N2O6. The SMILES string of the molecule is COCC(NC(=O)C1CCC(NC(=O)OCC2c3ccccc3-c3ccccc32)CC1)C(=O)O. The van der Waals surface area contributed by atoms with Gasteiger partial charge in [0.1, 0.15) is 6.61 Å². The van der Waals surface area contributed by atoms with Gasteiger partial charge in [-0.25, -0.2) is 9.59 Å². The summed E-state index contributed by atoms with van der Waals surface area (Å²) in [6.07, 6.45) is 1.94. The lowest BCUT2D eigenvalue weighted by Gasteiger charge is -2.29. The van der Waals surface area contributed by atoms with Gasteiger partial charge in [0.05, 0.1) is 6.61 Å². The molecule has 8 heteroatoms. The lowest BCUT2D eigenvalue weighted by Crippen LogP contribution is -2.47. The van der Waals surface area contributed by atoms with E-state index < -0.39 is 18.1 Å². The van der Waals surface area contributed by atoms with Crippen LogP contribution in [-0.2, 0) is 19.1 Å². The second-order valence-corrected chi connectivity index (χ2v) is 8.87. The molecule has 2 aliphatic carbocycles. The van der Waals surface area contributed by atoms with Gasteiger partial charge < -0.3 is 25.2 Å². The van der Waals surface area contributed by atoms with Crippen molar-refractivity contribution in [2.24, 2.45) is 5.92 Å². The van der Waals surface area contributed by atoms with Crippen LogP contribution in [0.1, 0.15) is 42.7 Å². The number of nitrogens with one attached hydrogen (secondary N) is 2. The Morgan fingerprint density at radius 2 is 1.56 bits per heavy atom. The molecule has 8 nitrogen and oxygen atoms in total. The lowest BCUT2D eigenvalue weighted by molar-refractivity contribution is -0.144. The van der Waals surface area contributed by atoms with E-state index >= 15 is 0 Å². The van der Waals surface area contributed by atoms with Gasteiger partial charge in [-0.1, -0.05) is 48.5 Å². The van der Waals surface area contributed by atoms with Crippen molar-refractivity contribution in [1.82, 2.24) is 10.6 Å².